The van der Waals surface area contributed by atoms with Crippen LogP contribution < -0.4 is 9.80 Å². The number of hydrogen-bond donors (Lipinski definition) is 0. The number of benzene rings is 6. The second-order valence-corrected chi connectivity index (χ2v) is 14.2. The molecule has 0 saturated carbocycles. The van der Waals surface area contributed by atoms with Crippen LogP contribution in [-0.2, 0) is 6.42 Å². The number of hydrogen-bond acceptors (Lipinski definition) is 5. The van der Waals surface area contributed by atoms with Crippen molar-refractivity contribution in [3.8, 4) is 0 Å². The summed E-state index contributed by atoms with van der Waals surface area (Å²) in [5, 5.41) is 3.80. The van der Waals surface area contributed by atoms with Crippen LogP contribution >= 0.6 is 23.1 Å². The molecule has 0 atom stereocenters. The maximum Gasteiger partial charge on any atom is 0.135 e. The Morgan fingerprint density at radius 2 is 1.38 bits per heavy atom. The van der Waals surface area contributed by atoms with Gasteiger partial charge in [-0.3, -0.25) is 0 Å². The van der Waals surface area contributed by atoms with Crippen molar-refractivity contribution in [3.63, 3.8) is 0 Å². The summed E-state index contributed by atoms with van der Waals surface area (Å²) in [5.74, 6) is 1.09. The summed E-state index contributed by atoms with van der Waals surface area (Å²) >= 11 is 3.71. The van der Waals surface area contributed by atoms with E-state index >= 15 is 0 Å². The molecule has 5 heteroatoms. The fourth-order valence-electron chi connectivity index (χ4n) is 7.12. The third-order valence-electron chi connectivity index (χ3n) is 9.27. The molecule has 3 nitrogen and oxygen atoms in total. The summed E-state index contributed by atoms with van der Waals surface area (Å²) in [4.78, 5) is 7.26. The first-order chi connectivity index (χ1) is 23.3. The van der Waals surface area contributed by atoms with Crippen LogP contribution in [0.1, 0.15) is 17.7 Å². The van der Waals surface area contributed by atoms with Crippen molar-refractivity contribution in [1.82, 2.24) is 0 Å². The largest absolute Gasteiger partial charge is 0.460 e. The van der Waals surface area contributed by atoms with Gasteiger partial charge in [0.15, 0.2) is 0 Å². The quantitative estimate of drug-likeness (QED) is 0.191. The molecule has 0 saturated heterocycles. The van der Waals surface area contributed by atoms with Gasteiger partial charge >= 0.3 is 0 Å². The van der Waals surface area contributed by atoms with Crippen LogP contribution in [0, 0.1) is 0 Å². The van der Waals surface area contributed by atoms with E-state index in [9.17, 15) is 0 Å². The van der Waals surface area contributed by atoms with Crippen LogP contribution in [0.5, 0.6) is 0 Å². The Balaban J connectivity index is 1.13. The van der Waals surface area contributed by atoms with Crippen molar-refractivity contribution < 1.29 is 4.42 Å². The van der Waals surface area contributed by atoms with Gasteiger partial charge in [-0.15, -0.1) is 11.3 Å². The molecular weight excluding hydrogens is 613 g/mol. The molecule has 3 heterocycles. The summed E-state index contributed by atoms with van der Waals surface area (Å²) in [6.45, 7) is 0. The average molecular weight is 641 g/mol. The van der Waals surface area contributed by atoms with Gasteiger partial charge in [0.05, 0.1) is 11.4 Å². The van der Waals surface area contributed by atoms with Gasteiger partial charge in [0.25, 0.3) is 0 Å². The van der Waals surface area contributed by atoms with Crippen molar-refractivity contribution in [3.05, 3.63) is 151 Å². The van der Waals surface area contributed by atoms with E-state index in [-0.39, 0.29) is 0 Å². The van der Waals surface area contributed by atoms with Gasteiger partial charge in [0, 0.05) is 70.1 Å². The lowest BCUT2D eigenvalue weighted by Crippen LogP contribution is -2.16. The van der Waals surface area contributed by atoms with E-state index in [0.29, 0.717) is 0 Å². The van der Waals surface area contributed by atoms with Crippen LogP contribution in [0.25, 0.3) is 37.2 Å². The third-order valence-corrected chi connectivity index (χ3v) is 11.5. The zero-order valence-corrected chi connectivity index (χ0v) is 27.0. The number of thiophene rings is 1. The fourth-order valence-corrected chi connectivity index (χ4v) is 9.35. The first-order valence-electron chi connectivity index (χ1n) is 16.0. The van der Waals surface area contributed by atoms with Gasteiger partial charge in [-0.05, 0) is 85.3 Å². The minimum Gasteiger partial charge on any atom is -0.460 e. The fraction of sp³-hybridized carbons (Fsp3) is 0.0476. The number of para-hydroxylation sites is 2. The lowest BCUT2D eigenvalue weighted by Gasteiger charge is -2.34. The maximum atomic E-state index is 6.26. The van der Waals surface area contributed by atoms with E-state index in [1.807, 2.05) is 23.1 Å². The molecule has 2 aliphatic rings. The molecule has 0 N–H and O–H groups in total. The monoisotopic (exact) mass is 640 g/mol. The van der Waals surface area contributed by atoms with Crippen LogP contribution in [0.4, 0.5) is 34.1 Å². The molecule has 1 aliphatic heterocycles. The lowest BCUT2D eigenvalue weighted by molar-refractivity contribution is 0.546. The first-order valence-corrected chi connectivity index (χ1v) is 17.6. The van der Waals surface area contributed by atoms with Gasteiger partial charge < -0.3 is 14.2 Å². The highest BCUT2D eigenvalue weighted by Gasteiger charge is 2.27. The zero-order valence-electron chi connectivity index (χ0n) is 25.4. The smallest absolute Gasteiger partial charge is 0.135 e. The third kappa shape index (κ3) is 4.34. The molecule has 0 fully saturated rings. The first kappa shape index (κ1) is 26.9. The van der Waals surface area contributed by atoms with Crippen LogP contribution in [-0.4, -0.2) is 0 Å². The second-order valence-electron chi connectivity index (χ2n) is 12.1. The van der Waals surface area contributed by atoms with E-state index in [1.165, 1.54) is 58.0 Å². The molecular formula is C42H28N2OS2. The summed E-state index contributed by atoms with van der Waals surface area (Å²) < 4.78 is 8.89. The standard InChI is InChI=1S/C42H28N2OS2/c1-2-10-27(11-3-1)43(28-20-23-38-34(24-28)31-12-4-7-15-37(31)45-38)29-19-22-36-42(26-29)47-40-17-9-6-14-35(40)44(36)30-18-21-33-32-13-5-8-16-39(32)46-41(33)25-30/h1-6,8-14,16-26H,7,15H2. The summed E-state index contributed by atoms with van der Waals surface area (Å²) in [7, 11) is 0. The summed E-state index contributed by atoms with van der Waals surface area (Å²) in [5.41, 5.74) is 9.08. The van der Waals surface area contributed by atoms with Gasteiger partial charge in [-0.25, -0.2) is 0 Å². The van der Waals surface area contributed by atoms with Crippen molar-refractivity contribution in [2.45, 2.75) is 22.6 Å². The lowest BCUT2D eigenvalue weighted by atomic mass is 10.0. The minimum absolute atomic E-state index is 0.946. The minimum atomic E-state index is 0.946. The topological polar surface area (TPSA) is 19.6 Å². The van der Waals surface area contributed by atoms with E-state index in [0.717, 1.165) is 41.2 Å². The number of aryl methyl sites for hydroxylation is 1. The average Bonchev–Trinajstić information content (AvgIpc) is 3.69. The molecule has 224 valence electrons. The van der Waals surface area contributed by atoms with Crippen molar-refractivity contribution >= 4 is 94.4 Å². The van der Waals surface area contributed by atoms with E-state index < -0.39 is 0 Å². The normalized spacial score (nSPS) is 13.6. The Kier molecular flexibility index (Phi) is 6.11. The van der Waals surface area contributed by atoms with Crippen LogP contribution in [0.3, 0.4) is 0 Å². The molecule has 8 aromatic rings. The SMILES string of the molecule is C1=Cc2c(oc3ccc(N(c4ccccc4)c4ccc5c(c4)Sc4ccccc4N5c4ccc5c(c4)sc4ccccc45)cc23)CC1. The molecule has 0 amide bonds. The van der Waals surface area contributed by atoms with Crippen molar-refractivity contribution in [2.24, 2.45) is 0 Å². The molecule has 0 bridgehead atoms. The molecule has 0 unspecified atom stereocenters. The van der Waals surface area contributed by atoms with Crippen molar-refractivity contribution in [2.75, 3.05) is 9.80 Å². The second kappa shape index (κ2) is 10.7. The highest BCUT2D eigenvalue weighted by atomic mass is 32.2. The molecule has 47 heavy (non-hydrogen) atoms. The number of nitrogens with zero attached hydrogens (tertiary/aromatic N) is 2. The van der Waals surface area contributed by atoms with Crippen molar-refractivity contribution in [1.29, 1.82) is 0 Å². The predicted octanol–water partition coefficient (Wildman–Crippen LogP) is 13.2. The number of allylic oxidation sites excluding steroid dienone is 1. The van der Waals surface area contributed by atoms with Crippen LogP contribution in [0.2, 0.25) is 0 Å². The van der Waals surface area contributed by atoms with E-state index in [2.05, 4.69) is 155 Å². The molecule has 6 aromatic carbocycles. The highest BCUT2D eigenvalue weighted by molar-refractivity contribution is 7.99. The Labute approximate surface area is 281 Å². The Bertz CT molecular complexity index is 2530. The molecule has 10 rings (SSSR count). The molecule has 2 aromatic heterocycles. The van der Waals surface area contributed by atoms with Crippen LogP contribution in [0.15, 0.2) is 154 Å². The number of rotatable bonds is 4. The van der Waals surface area contributed by atoms with Gasteiger partial charge in [0.1, 0.15) is 11.3 Å². The van der Waals surface area contributed by atoms with Gasteiger partial charge in [-0.1, -0.05) is 78.5 Å². The summed E-state index contributed by atoms with van der Waals surface area (Å²) in [6, 6.07) is 48.5. The predicted molar refractivity (Wildman–Crippen MR) is 200 cm³/mol. The zero-order chi connectivity index (χ0) is 30.9. The Morgan fingerprint density at radius 1 is 0.596 bits per heavy atom. The molecule has 0 radical (unpaired) electrons. The molecule has 0 spiro atoms. The van der Waals surface area contributed by atoms with E-state index in [4.69, 9.17) is 4.42 Å². The summed E-state index contributed by atoms with van der Waals surface area (Å²) in [6.07, 6.45) is 6.45. The Morgan fingerprint density at radius 3 is 2.34 bits per heavy atom. The number of anilines is 6. The van der Waals surface area contributed by atoms with Gasteiger partial charge in [-0.2, -0.15) is 0 Å². The highest BCUT2D eigenvalue weighted by Crippen LogP contribution is 2.53. The number of fused-ring (bicyclic) bond motifs is 8. The maximum absolute atomic E-state index is 6.26. The molecule has 1 aliphatic carbocycles. The van der Waals surface area contributed by atoms with E-state index in [1.54, 1.807) is 0 Å². The van der Waals surface area contributed by atoms with Gasteiger partial charge in [0.2, 0.25) is 0 Å². The Hall–Kier alpha value is -5.23. The number of furan rings is 1.